The first-order valence-corrected chi connectivity index (χ1v) is 10.9. The van der Waals surface area contributed by atoms with Crippen LogP contribution in [0.5, 0.6) is 0 Å². The molecule has 5 rings (SSSR count). The van der Waals surface area contributed by atoms with Gasteiger partial charge in [0.05, 0.1) is 22.3 Å². The van der Waals surface area contributed by atoms with E-state index in [1.807, 2.05) is 13.8 Å². The number of aromatic nitrogens is 1. The smallest absolute Gasteiger partial charge is 0.337 e. The third-order valence-corrected chi connectivity index (χ3v) is 5.89. The highest BCUT2D eigenvalue weighted by molar-refractivity contribution is 5.99. The molecule has 0 spiro atoms. The Balaban J connectivity index is 1.76. The number of hydrogen-bond acceptors (Lipinski definition) is 4. The highest BCUT2D eigenvalue weighted by Gasteiger charge is 2.22. The van der Waals surface area contributed by atoms with Gasteiger partial charge in [-0.3, -0.25) is 9.36 Å². The van der Waals surface area contributed by atoms with Crippen molar-refractivity contribution >= 4 is 39.1 Å². The number of rotatable bonds is 5. The molecule has 0 amide bonds. The van der Waals surface area contributed by atoms with E-state index in [2.05, 4.69) is 0 Å². The zero-order valence-corrected chi connectivity index (χ0v) is 18.9. The van der Waals surface area contributed by atoms with E-state index in [1.54, 1.807) is 40.1 Å². The molecule has 176 valence electrons. The lowest BCUT2D eigenvalue weighted by molar-refractivity contribution is 0.0697. The molecule has 0 fully saturated rings. The summed E-state index contributed by atoms with van der Waals surface area (Å²) in [6.07, 6.45) is 3.39. The van der Waals surface area contributed by atoms with Crippen LogP contribution in [-0.2, 0) is 0 Å². The minimum absolute atomic E-state index is 0.210. The number of hydrogen-bond donors (Lipinski definition) is 1. The van der Waals surface area contributed by atoms with Gasteiger partial charge in [0, 0.05) is 35.8 Å². The van der Waals surface area contributed by atoms with Crippen LogP contribution in [0.25, 0.3) is 27.6 Å². The molecule has 1 N–H and O–H groups in total. The van der Waals surface area contributed by atoms with Crippen molar-refractivity contribution in [3.05, 3.63) is 100.0 Å². The van der Waals surface area contributed by atoms with Crippen molar-refractivity contribution in [1.29, 1.82) is 0 Å². The second-order valence-corrected chi connectivity index (χ2v) is 8.26. The Kier molecular flexibility index (Phi) is 5.36. The topological polar surface area (TPSA) is 75.7 Å². The van der Waals surface area contributed by atoms with Gasteiger partial charge in [-0.25, -0.2) is 13.6 Å². The maximum Gasteiger partial charge on any atom is 0.337 e. The molecule has 0 aliphatic carbocycles. The minimum atomic E-state index is -1.27. The third-order valence-electron chi connectivity index (χ3n) is 5.89. The summed E-state index contributed by atoms with van der Waals surface area (Å²) in [6.45, 7) is 3.96. The molecule has 0 saturated carbocycles. The number of aromatic carboxylic acids is 1. The predicted octanol–water partition coefficient (Wildman–Crippen LogP) is 6.18. The normalized spacial score (nSPS) is 11.3. The van der Waals surface area contributed by atoms with E-state index >= 15 is 0 Å². The molecule has 0 unspecified atom stereocenters. The van der Waals surface area contributed by atoms with Gasteiger partial charge in [-0.1, -0.05) is 0 Å². The van der Waals surface area contributed by atoms with Crippen molar-refractivity contribution < 1.29 is 23.1 Å². The SMILES string of the molecule is CCN(c1ccc(F)cc1C(=O)O)c1cc(C)cc2c(=O)cc(-n3cc4ccc(F)cc4c3)oc12. The number of carboxylic acids is 1. The van der Waals surface area contributed by atoms with Gasteiger partial charge in [-0.2, -0.15) is 0 Å². The Morgan fingerprint density at radius 3 is 2.43 bits per heavy atom. The van der Waals surface area contributed by atoms with Crippen LogP contribution in [0.15, 0.2) is 76.2 Å². The average Bonchev–Trinajstić information content (AvgIpc) is 3.24. The van der Waals surface area contributed by atoms with Gasteiger partial charge in [0.25, 0.3) is 0 Å². The largest absolute Gasteiger partial charge is 0.478 e. The molecule has 5 aromatic rings. The molecule has 0 saturated heterocycles. The van der Waals surface area contributed by atoms with Crippen LogP contribution in [-0.4, -0.2) is 22.2 Å². The van der Waals surface area contributed by atoms with Crippen LogP contribution in [0, 0.1) is 18.6 Å². The molecule has 0 aliphatic rings. The first kappa shape index (κ1) is 22.3. The minimum Gasteiger partial charge on any atom is -0.478 e. The van der Waals surface area contributed by atoms with Crippen LogP contribution in [0.1, 0.15) is 22.8 Å². The van der Waals surface area contributed by atoms with Crippen LogP contribution in [0.3, 0.4) is 0 Å². The van der Waals surface area contributed by atoms with Crippen LogP contribution >= 0.6 is 0 Å². The molecule has 2 heterocycles. The molecule has 0 aliphatic heterocycles. The summed E-state index contributed by atoms with van der Waals surface area (Å²) in [4.78, 5) is 26.7. The fourth-order valence-electron chi connectivity index (χ4n) is 4.32. The highest BCUT2D eigenvalue weighted by atomic mass is 19.1. The van der Waals surface area contributed by atoms with Gasteiger partial charge in [0.1, 0.15) is 11.6 Å². The van der Waals surface area contributed by atoms with Crippen LogP contribution in [0.2, 0.25) is 0 Å². The quantitative estimate of drug-likeness (QED) is 0.329. The van der Waals surface area contributed by atoms with Crippen LogP contribution in [0.4, 0.5) is 20.2 Å². The maximum absolute atomic E-state index is 13.8. The third kappa shape index (κ3) is 3.93. The monoisotopic (exact) mass is 474 g/mol. The van der Waals surface area contributed by atoms with Gasteiger partial charge in [0.15, 0.2) is 11.0 Å². The Bertz CT molecular complexity index is 1690. The van der Waals surface area contributed by atoms with Crippen molar-refractivity contribution in [3.8, 4) is 5.88 Å². The summed E-state index contributed by atoms with van der Waals surface area (Å²) in [5.41, 5.74) is 1.26. The van der Waals surface area contributed by atoms with Crippen molar-refractivity contribution in [2.24, 2.45) is 0 Å². The van der Waals surface area contributed by atoms with Crippen molar-refractivity contribution in [3.63, 3.8) is 0 Å². The highest BCUT2D eigenvalue weighted by Crippen LogP contribution is 2.36. The van der Waals surface area contributed by atoms with Gasteiger partial charge >= 0.3 is 5.97 Å². The summed E-state index contributed by atoms with van der Waals surface area (Å²) >= 11 is 0. The van der Waals surface area contributed by atoms with Crippen molar-refractivity contribution in [2.75, 3.05) is 11.4 Å². The van der Waals surface area contributed by atoms with Gasteiger partial charge in [-0.05, 0) is 67.9 Å². The second kappa shape index (κ2) is 8.39. The van der Waals surface area contributed by atoms with Crippen LogP contribution < -0.4 is 10.3 Å². The van der Waals surface area contributed by atoms with E-state index in [0.29, 0.717) is 23.0 Å². The van der Waals surface area contributed by atoms with Gasteiger partial charge < -0.3 is 14.4 Å². The van der Waals surface area contributed by atoms with E-state index in [0.717, 1.165) is 17.0 Å². The van der Waals surface area contributed by atoms with E-state index < -0.39 is 11.8 Å². The molecular formula is C27H20F2N2O4. The predicted molar refractivity (Wildman–Crippen MR) is 130 cm³/mol. The summed E-state index contributed by atoms with van der Waals surface area (Å²) in [5, 5.41) is 11.4. The number of carbonyl (C=O) groups is 1. The van der Waals surface area contributed by atoms with Gasteiger partial charge in [0.2, 0.25) is 5.88 Å². The van der Waals surface area contributed by atoms with E-state index in [4.69, 9.17) is 4.42 Å². The lowest BCUT2D eigenvalue weighted by Gasteiger charge is -2.26. The molecule has 35 heavy (non-hydrogen) atoms. The summed E-state index contributed by atoms with van der Waals surface area (Å²) < 4.78 is 35.3. The standard InChI is InChI=1S/C27H20F2N2O4/c1-3-31(22-7-6-19(29)11-20(22)27(33)34)23-9-15(2)8-21-24(32)12-25(35-26(21)23)30-13-16-4-5-18(28)10-17(16)14-30/h4-14H,3H2,1-2H3,(H,33,34). The van der Waals surface area contributed by atoms with E-state index in [1.165, 1.54) is 30.3 Å². The molecule has 8 heteroatoms. The second-order valence-electron chi connectivity index (χ2n) is 8.26. The Morgan fingerprint density at radius 1 is 0.971 bits per heavy atom. The summed E-state index contributed by atoms with van der Waals surface area (Å²) in [6, 6.07) is 12.8. The Morgan fingerprint density at radius 2 is 1.69 bits per heavy atom. The zero-order chi connectivity index (χ0) is 24.9. The lowest BCUT2D eigenvalue weighted by Crippen LogP contribution is -2.20. The van der Waals surface area contributed by atoms with Crippen molar-refractivity contribution in [1.82, 2.24) is 4.57 Å². The van der Waals surface area contributed by atoms with Gasteiger partial charge in [-0.15, -0.1) is 0 Å². The summed E-state index contributed by atoms with van der Waals surface area (Å²) in [7, 11) is 0. The summed E-state index contributed by atoms with van der Waals surface area (Å²) in [5.74, 6) is -2.09. The molecule has 2 aromatic heterocycles. The molecule has 0 radical (unpaired) electrons. The first-order chi connectivity index (χ1) is 16.7. The number of benzene rings is 3. The molecule has 6 nitrogen and oxygen atoms in total. The van der Waals surface area contributed by atoms with E-state index in [9.17, 15) is 23.5 Å². The Labute approximate surface area is 198 Å². The number of nitrogens with zero attached hydrogens (tertiary/aromatic N) is 2. The number of halogens is 2. The zero-order valence-electron chi connectivity index (χ0n) is 18.9. The Hall–Kier alpha value is -4.46. The number of aryl methyl sites for hydroxylation is 1. The fraction of sp³-hybridized carbons (Fsp3) is 0.111. The molecule has 0 bridgehead atoms. The number of anilines is 2. The van der Waals surface area contributed by atoms with Crippen molar-refractivity contribution in [2.45, 2.75) is 13.8 Å². The maximum atomic E-state index is 13.8. The lowest BCUT2D eigenvalue weighted by atomic mass is 10.1. The fourth-order valence-corrected chi connectivity index (χ4v) is 4.32. The molecule has 0 atom stereocenters. The first-order valence-electron chi connectivity index (χ1n) is 10.9. The number of fused-ring (bicyclic) bond motifs is 2. The number of carboxylic acid groups (broad SMARTS) is 1. The van der Waals surface area contributed by atoms with E-state index in [-0.39, 0.29) is 34.0 Å². The molecular weight excluding hydrogens is 454 g/mol. The molecule has 3 aromatic carbocycles. The average molecular weight is 474 g/mol.